The summed E-state index contributed by atoms with van der Waals surface area (Å²) in [6.07, 6.45) is 73.8. The summed E-state index contributed by atoms with van der Waals surface area (Å²) in [5.74, 6) is -0.827. The Morgan fingerprint density at radius 1 is 0.405 bits per heavy atom. The van der Waals surface area contributed by atoms with Crippen LogP contribution in [0.15, 0.2) is 36.5 Å². The number of hydrogen-bond acceptors (Lipinski definition) is 8. The second-order valence-corrected chi connectivity index (χ2v) is 23.1. The van der Waals surface area contributed by atoms with Gasteiger partial charge in [0, 0.05) is 19.4 Å². The molecule has 0 aromatic carbocycles. The number of phosphoric ester groups is 1. The zero-order valence-corrected chi connectivity index (χ0v) is 49.7. The Labute approximate surface area is 458 Å². The molecule has 0 aromatic heterocycles. The second-order valence-electron chi connectivity index (χ2n) is 21.6. The van der Waals surface area contributed by atoms with Crippen LogP contribution in [-0.2, 0) is 32.7 Å². The summed E-state index contributed by atoms with van der Waals surface area (Å²) in [5, 5.41) is 0. The first kappa shape index (κ1) is 72.2. The molecule has 436 valence electrons. The Balaban J connectivity index is 3.82. The number of unbranched alkanes of at least 4 members (excludes halogenated alkanes) is 42. The van der Waals surface area contributed by atoms with E-state index in [4.69, 9.17) is 24.3 Å². The lowest BCUT2D eigenvalue weighted by atomic mass is 10.0. The monoisotopic (exact) mass is 1060 g/mol. The van der Waals surface area contributed by atoms with Crippen LogP contribution in [0.25, 0.3) is 0 Å². The van der Waals surface area contributed by atoms with E-state index in [1.54, 1.807) is 0 Å². The van der Waals surface area contributed by atoms with Gasteiger partial charge in [0.25, 0.3) is 0 Å². The summed E-state index contributed by atoms with van der Waals surface area (Å²) in [5.41, 5.74) is 5.38. The molecule has 74 heavy (non-hydrogen) atoms. The minimum atomic E-state index is -4.39. The van der Waals surface area contributed by atoms with E-state index in [0.29, 0.717) is 6.42 Å². The van der Waals surface area contributed by atoms with Gasteiger partial charge in [-0.15, -0.1) is 0 Å². The Morgan fingerprint density at radius 3 is 1.07 bits per heavy atom. The molecule has 2 atom stereocenters. The highest BCUT2D eigenvalue weighted by molar-refractivity contribution is 7.47. The minimum absolute atomic E-state index is 0.0519. The second kappa shape index (κ2) is 60.5. The molecule has 3 N–H and O–H groups in total. The normalized spacial score (nSPS) is 13.2. The molecule has 0 aliphatic heterocycles. The van der Waals surface area contributed by atoms with Crippen molar-refractivity contribution in [2.75, 3.05) is 26.4 Å². The number of phosphoric acid groups is 1. The van der Waals surface area contributed by atoms with Crippen molar-refractivity contribution in [2.45, 2.75) is 335 Å². The third-order valence-electron chi connectivity index (χ3n) is 14.3. The zero-order chi connectivity index (χ0) is 53.8. The molecule has 0 saturated heterocycles. The first-order valence-electron chi connectivity index (χ1n) is 32.0. The van der Waals surface area contributed by atoms with Crippen molar-refractivity contribution in [3.8, 4) is 0 Å². The van der Waals surface area contributed by atoms with Gasteiger partial charge in [0.05, 0.1) is 13.2 Å². The molecule has 0 spiro atoms. The number of carbonyl (C=O) groups excluding carboxylic acids is 2. The van der Waals surface area contributed by atoms with Crippen LogP contribution in [0.1, 0.15) is 328 Å². The Bertz CT molecular complexity index is 1310. The van der Waals surface area contributed by atoms with Crippen molar-refractivity contribution >= 4 is 19.8 Å². The molecule has 0 fully saturated rings. The molecular weight excluding hydrogens is 942 g/mol. The lowest BCUT2D eigenvalue weighted by Gasteiger charge is -2.19. The van der Waals surface area contributed by atoms with Crippen LogP contribution in [0.4, 0.5) is 0 Å². The third-order valence-corrected chi connectivity index (χ3v) is 15.3. The van der Waals surface area contributed by atoms with Crippen molar-refractivity contribution in [2.24, 2.45) is 5.73 Å². The fourth-order valence-electron chi connectivity index (χ4n) is 9.53. The maximum absolute atomic E-state index is 12.7. The van der Waals surface area contributed by atoms with Gasteiger partial charge >= 0.3 is 19.8 Å². The number of carbonyl (C=O) groups is 2. The number of rotatable bonds is 61. The van der Waals surface area contributed by atoms with E-state index in [9.17, 15) is 19.0 Å². The van der Waals surface area contributed by atoms with Crippen LogP contribution in [0.3, 0.4) is 0 Å². The maximum Gasteiger partial charge on any atom is 0.472 e. The maximum atomic E-state index is 12.7. The highest BCUT2D eigenvalue weighted by Crippen LogP contribution is 2.43. The fourth-order valence-corrected chi connectivity index (χ4v) is 10.3. The first-order valence-corrected chi connectivity index (χ1v) is 33.5. The molecule has 0 rings (SSSR count). The molecular formula is C64H122NO8P. The van der Waals surface area contributed by atoms with E-state index < -0.39 is 26.5 Å². The highest BCUT2D eigenvalue weighted by atomic mass is 31.2. The fraction of sp³-hybridized carbons (Fsp3) is 0.875. The number of allylic oxidation sites excluding steroid dienone is 6. The lowest BCUT2D eigenvalue weighted by molar-refractivity contribution is -0.161. The number of nitrogens with two attached hydrogens (primary N) is 1. The predicted octanol–water partition coefficient (Wildman–Crippen LogP) is 20.4. The van der Waals surface area contributed by atoms with E-state index in [0.717, 1.165) is 70.6 Å². The Hall–Kier alpha value is -1.77. The lowest BCUT2D eigenvalue weighted by Crippen LogP contribution is -2.29. The summed E-state index contributed by atoms with van der Waals surface area (Å²) >= 11 is 0. The smallest absolute Gasteiger partial charge is 0.462 e. The summed E-state index contributed by atoms with van der Waals surface area (Å²) in [7, 11) is -4.39. The van der Waals surface area contributed by atoms with Gasteiger partial charge in [0.2, 0.25) is 0 Å². The van der Waals surface area contributed by atoms with Gasteiger partial charge in [-0.2, -0.15) is 0 Å². The van der Waals surface area contributed by atoms with E-state index >= 15 is 0 Å². The molecule has 0 saturated carbocycles. The van der Waals surface area contributed by atoms with Gasteiger partial charge < -0.3 is 20.1 Å². The van der Waals surface area contributed by atoms with Gasteiger partial charge in [-0.25, -0.2) is 4.57 Å². The summed E-state index contributed by atoms with van der Waals surface area (Å²) in [4.78, 5) is 35.2. The van der Waals surface area contributed by atoms with Crippen LogP contribution >= 0.6 is 7.82 Å². The Kier molecular flexibility index (Phi) is 59.0. The number of esters is 2. The van der Waals surface area contributed by atoms with Crippen molar-refractivity contribution in [3.63, 3.8) is 0 Å². The van der Waals surface area contributed by atoms with Gasteiger partial charge in [-0.05, 0) is 51.4 Å². The standard InChI is InChI=1S/C64H122NO8P/c1-3-5-7-9-11-13-15-17-19-21-23-24-25-26-27-28-29-30-31-32-33-34-35-36-37-39-40-42-44-46-48-50-52-54-56-63(66)70-60-62(61-72-74(68,69)71-59-58-65)73-64(67)57-55-53-51-49-47-45-43-41-38-22-20-18-16-14-12-10-8-6-4-2/h12,14,18,20,38,41,62H,3-11,13,15-17,19,21-37,39-40,42-61,65H2,1-2H3,(H,68,69)/b14-12-,20-18-,41-38-. The van der Waals surface area contributed by atoms with E-state index in [1.165, 1.54) is 225 Å². The van der Waals surface area contributed by atoms with Gasteiger partial charge in [0.1, 0.15) is 6.61 Å². The molecule has 9 nitrogen and oxygen atoms in total. The Morgan fingerprint density at radius 2 is 0.703 bits per heavy atom. The SMILES string of the molecule is CCCCC/C=C\C/C=C\C/C=C\CCCCCCCCC(=O)OC(COC(=O)CCCCCCCCCCCCCCCCCCCCCCCCCCCCCCCCCCCC)COP(=O)(O)OCCN. The van der Waals surface area contributed by atoms with Crippen molar-refractivity contribution in [1.82, 2.24) is 0 Å². The van der Waals surface area contributed by atoms with Gasteiger partial charge in [-0.3, -0.25) is 18.6 Å². The van der Waals surface area contributed by atoms with E-state index in [2.05, 4.69) is 50.3 Å². The van der Waals surface area contributed by atoms with Crippen LogP contribution in [0.2, 0.25) is 0 Å². The molecule has 0 radical (unpaired) electrons. The molecule has 0 bridgehead atoms. The largest absolute Gasteiger partial charge is 0.472 e. The van der Waals surface area contributed by atoms with E-state index in [-0.39, 0.29) is 38.6 Å². The highest BCUT2D eigenvalue weighted by Gasteiger charge is 2.26. The van der Waals surface area contributed by atoms with Crippen molar-refractivity contribution in [3.05, 3.63) is 36.5 Å². The summed E-state index contributed by atoms with van der Waals surface area (Å²) in [6.45, 7) is 3.75. The molecule has 0 aromatic rings. The van der Waals surface area contributed by atoms with Gasteiger partial charge in [0.15, 0.2) is 6.10 Å². The summed E-state index contributed by atoms with van der Waals surface area (Å²) < 4.78 is 33.1. The average molecular weight is 1060 g/mol. The van der Waals surface area contributed by atoms with Crippen LogP contribution in [-0.4, -0.2) is 49.3 Å². The van der Waals surface area contributed by atoms with Crippen LogP contribution in [0, 0.1) is 0 Å². The predicted molar refractivity (Wildman–Crippen MR) is 317 cm³/mol. The summed E-state index contributed by atoms with van der Waals surface area (Å²) in [6, 6.07) is 0. The van der Waals surface area contributed by atoms with Crippen molar-refractivity contribution < 1.29 is 37.6 Å². The van der Waals surface area contributed by atoms with Crippen molar-refractivity contribution in [1.29, 1.82) is 0 Å². The quantitative estimate of drug-likeness (QED) is 0.0264. The third kappa shape index (κ3) is 59.5. The van der Waals surface area contributed by atoms with Gasteiger partial charge in [-0.1, -0.05) is 301 Å². The molecule has 2 unspecified atom stereocenters. The first-order chi connectivity index (χ1) is 36.3. The van der Waals surface area contributed by atoms with Crippen LogP contribution < -0.4 is 5.73 Å². The molecule has 10 heteroatoms. The molecule has 0 amide bonds. The zero-order valence-electron chi connectivity index (χ0n) is 48.8. The number of ether oxygens (including phenoxy) is 2. The minimum Gasteiger partial charge on any atom is -0.462 e. The van der Waals surface area contributed by atoms with E-state index in [1.807, 2.05) is 0 Å². The molecule has 0 aliphatic carbocycles. The topological polar surface area (TPSA) is 134 Å². The van der Waals surface area contributed by atoms with Crippen LogP contribution in [0.5, 0.6) is 0 Å². The molecule has 0 aliphatic rings. The average Bonchev–Trinajstić information content (AvgIpc) is 3.39. The molecule has 0 heterocycles. The number of hydrogen-bond donors (Lipinski definition) is 2.